The third kappa shape index (κ3) is 2.40. The van der Waals surface area contributed by atoms with E-state index in [0.29, 0.717) is 0 Å². The number of carboxylic acids is 1. The molecule has 0 aliphatic heterocycles. The molecule has 0 radical (unpaired) electrons. The first-order valence-corrected chi connectivity index (χ1v) is 6.43. The molecule has 0 amide bonds. The molecule has 1 unspecified atom stereocenters. The zero-order chi connectivity index (χ0) is 11.8. The molecule has 0 aromatic heterocycles. The number of carbonyl (C=O) groups is 1. The third-order valence-corrected chi connectivity index (χ3v) is 4.16. The van der Waals surface area contributed by atoms with Crippen LogP contribution in [0.5, 0.6) is 0 Å². The minimum Gasteiger partial charge on any atom is -0.479 e. The highest BCUT2D eigenvalue weighted by molar-refractivity contribution is 5.78. The number of aliphatic carboxylic acids is 1. The average molecular weight is 226 g/mol. The van der Waals surface area contributed by atoms with Crippen LogP contribution in [0.3, 0.4) is 0 Å². The van der Waals surface area contributed by atoms with Gasteiger partial charge in [0.25, 0.3) is 0 Å². The summed E-state index contributed by atoms with van der Waals surface area (Å²) in [4.78, 5) is 11.3. The summed E-state index contributed by atoms with van der Waals surface area (Å²) in [5, 5.41) is 9.30. The van der Waals surface area contributed by atoms with Gasteiger partial charge in [0, 0.05) is 0 Å². The summed E-state index contributed by atoms with van der Waals surface area (Å²) in [6, 6.07) is 0. The first-order valence-electron chi connectivity index (χ1n) is 6.43. The molecule has 2 saturated carbocycles. The van der Waals surface area contributed by atoms with E-state index in [1.807, 2.05) is 0 Å². The molecular weight excluding hydrogens is 204 g/mol. The zero-order valence-corrected chi connectivity index (χ0v) is 10.2. The van der Waals surface area contributed by atoms with Gasteiger partial charge in [0.15, 0.2) is 5.60 Å². The molecule has 0 aromatic carbocycles. The summed E-state index contributed by atoms with van der Waals surface area (Å²) < 4.78 is 5.91. The molecule has 0 heterocycles. The molecular formula is C13H22O3. The maximum atomic E-state index is 11.3. The first kappa shape index (κ1) is 11.9. The Hall–Kier alpha value is -0.570. The van der Waals surface area contributed by atoms with Crippen molar-refractivity contribution >= 4 is 5.97 Å². The SMILES string of the molecule is CC1CCC(OC(C)(C(=O)O)C2CC2)CC1. The Balaban J connectivity index is 1.93. The lowest BCUT2D eigenvalue weighted by Crippen LogP contribution is -2.44. The van der Waals surface area contributed by atoms with Crippen LogP contribution in [0.1, 0.15) is 52.4 Å². The van der Waals surface area contributed by atoms with E-state index >= 15 is 0 Å². The second-order valence-electron chi connectivity index (χ2n) is 5.69. The van der Waals surface area contributed by atoms with Crippen LogP contribution in [0, 0.1) is 11.8 Å². The van der Waals surface area contributed by atoms with Crippen molar-refractivity contribution in [1.29, 1.82) is 0 Å². The maximum Gasteiger partial charge on any atom is 0.335 e. The molecule has 0 saturated heterocycles. The largest absolute Gasteiger partial charge is 0.479 e. The number of carboxylic acid groups (broad SMARTS) is 1. The summed E-state index contributed by atoms with van der Waals surface area (Å²) in [5.74, 6) is 0.231. The van der Waals surface area contributed by atoms with Gasteiger partial charge >= 0.3 is 5.97 Å². The van der Waals surface area contributed by atoms with Crippen LogP contribution >= 0.6 is 0 Å². The Morgan fingerprint density at radius 2 is 1.75 bits per heavy atom. The summed E-state index contributed by atoms with van der Waals surface area (Å²) in [6.07, 6.45) is 6.57. The monoisotopic (exact) mass is 226 g/mol. The van der Waals surface area contributed by atoms with Crippen LogP contribution in [-0.4, -0.2) is 22.8 Å². The summed E-state index contributed by atoms with van der Waals surface area (Å²) in [7, 11) is 0. The Morgan fingerprint density at radius 3 is 2.19 bits per heavy atom. The van der Waals surface area contributed by atoms with Crippen LogP contribution in [0.2, 0.25) is 0 Å². The molecule has 0 spiro atoms. The fourth-order valence-corrected chi connectivity index (χ4v) is 2.65. The number of hydrogen-bond donors (Lipinski definition) is 1. The van der Waals surface area contributed by atoms with Gasteiger partial charge in [-0.05, 0) is 57.3 Å². The quantitative estimate of drug-likeness (QED) is 0.801. The average Bonchev–Trinajstić information content (AvgIpc) is 3.04. The van der Waals surface area contributed by atoms with E-state index in [1.54, 1.807) is 6.92 Å². The smallest absolute Gasteiger partial charge is 0.335 e. The van der Waals surface area contributed by atoms with Crippen LogP contribution in [0.25, 0.3) is 0 Å². The van der Waals surface area contributed by atoms with Crippen LogP contribution in [0.4, 0.5) is 0 Å². The van der Waals surface area contributed by atoms with Crippen molar-refractivity contribution in [3.63, 3.8) is 0 Å². The predicted molar refractivity (Wildman–Crippen MR) is 61.3 cm³/mol. The van der Waals surface area contributed by atoms with Gasteiger partial charge in [0.2, 0.25) is 0 Å². The Bertz CT molecular complexity index is 264. The van der Waals surface area contributed by atoms with E-state index in [0.717, 1.165) is 31.6 Å². The fraction of sp³-hybridized carbons (Fsp3) is 0.923. The second kappa shape index (κ2) is 4.36. The van der Waals surface area contributed by atoms with Crippen molar-refractivity contribution in [2.24, 2.45) is 11.8 Å². The van der Waals surface area contributed by atoms with Gasteiger partial charge in [-0.2, -0.15) is 0 Å². The predicted octanol–water partition coefficient (Wildman–Crippen LogP) is 2.84. The van der Waals surface area contributed by atoms with E-state index in [-0.39, 0.29) is 12.0 Å². The van der Waals surface area contributed by atoms with E-state index in [2.05, 4.69) is 6.92 Å². The zero-order valence-electron chi connectivity index (χ0n) is 10.2. The van der Waals surface area contributed by atoms with Crippen LogP contribution in [0.15, 0.2) is 0 Å². The summed E-state index contributed by atoms with van der Waals surface area (Å²) >= 11 is 0. The Labute approximate surface area is 97.2 Å². The molecule has 92 valence electrons. The minimum atomic E-state index is -0.925. The first-order chi connectivity index (χ1) is 7.52. The van der Waals surface area contributed by atoms with Crippen molar-refractivity contribution < 1.29 is 14.6 Å². The lowest BCUT2D eigenvalue weighted by atomic mass is 9.88. The highest BCUT2D eigenvalue weighted by Gasteiger charge is 2.50. The maximum absolute atomic E-state index is 11.3. The lowest BCUT2D eigenvalue weighted by Gasteiger charge is -2.34. The molecule has 1 N–H and O–H groups in total. The summed E-state index contributed by atoms with van der Waals surface area (Å²) in [6.45, 7) is 4.01. The van der Waals surface area contributed by atoms with Crippen molar-refractivity contribution in [3.05, 3.63) is 0 Å². The third-order valence-electron chi connectivity index (χ3n) is 4.16. The molecule has 3 nitrogen and oxygen atoms in total. The number of hydrogen-bond acceptors (Lipinski definition) is 2. The molecule has 2 aliphatic carbocycles. The van der Waals surface area contributed by atoms with Crippen molar-refractivity contribution in [3.8, 4) is 0 Å². The molecule has 1 atom stereocenters. The van der Waals surface area contributed by atoms with Gasteiger partial charge in [0.1, 0.15) is 0 Å². The van der Waals surface area contributed by atoms with Gasteiger partial charge in [-0.3, -0.25) is 0 Å². The molecule has 2 aliphatic rings. The van der Waals surface area contributed by atoms with Gasteiger partial charge in [-0.1, -0.05) is 6.92 Å². The molecule has 3 heteroatoms. The van der Waals surface area contributed by atoms with Gasteiger partial charge in [-0.15, -0.1) is 0 Å². The van der Waals surface area contributed by atoms with E-state index < -0.39 is 11.6 Å². The van der Waals surface area contributed by atoms with Gasteiger partial charge in [0.05, 0.1) is 6.10 Å². The Morgan fingerprint density at radius 1 is 1.19 bits per heavy atom. The molecule has 2 rings (SSSR count). The van der Waals surface area contributed by atoms with E-state index in [9.17, 15) is 9.90 Å². The van der Waals surface area contributed by atoms with Crippen LogP contribution in [-0.2, 0) is 9.53 Å². The van der Waals surface area contributed by atoms with Gasteiger partial charge in [-0.25, -0.2) is 4.79 Å². The second-order valence-corrected chi connectivity index (χ2v) is 5.69. The highest BCUT2D eigenvalue weighted by atomic mass is 16.5. The number of rotatable bonds is 4. The molecule has 0 aromatic rings. The molecule has 2 fully saturated rings. The molecule has 16 heavy (non-hydrogen) atoms. The summed E-state index contributed by atoms with van der Waals surface area (Å²) in [5.41, 5.74) is -0.925. The highest BCUT2D eigenvalue weighted by Crippen LogP contribution is 2.44. The number of ether oxygens (including phenoxy) is 1. The van der Waals surface area contributed by atoms with Crippen molar-refractivity contribution in [1.82, 2.24) is 0 Å². The lowest BCUT2D eigenvalue weighted by molar-refractivity contribution is -0.177. The van der Waals surface area contributed by atoms with Crippen molar-refractivity contribution in [2.75, 3.05) is 0 Å². The normalized spacial score (nSPS) is 34.4. The molecule has 0 bridgehead atoms. The topological polar surface area (TPSA) is 46.5 Å². The van der Waals surface area contributed by atoms with Crippen molar-refractivity contribution in [2.45, 2.75) is 64.1 Å². The van der Waals surface area contributed by atoms with E-state index in [4.69, 9.17) is 4.74 Å². The minimum absolute atomic E-state index is 0.165. The van der Waals surface area contributed by atoms with Gasteiger partial charge < -0.3 is 9.84 Å². The fourth-order valence-electron chi connectivity index (χ4n) is 2.65. The van der Waals surface area contributed by atoms with E-state index in [1.165, 1.54) is 12.8 Å². The Kier molecular flexibility index (Phi) is 3.24. The van der Waals surface area contributed by atoms with Crippen LogP contribution < -0.4 is 0 Å². The standard InChI is InChI=1S/C13H22O3/c1-9-3-7-11(8-4-9)16-13(2,12(14)15)10-5-6-10/h9-11H,3-8H2,1-2H3,(H,14,15).